The Morgan fingerprint density at radius 2 is 1.75 bits per heavy atom. The van der Waals surface area contributed by atoms with Gasteiger partial charge in [0, 0.05) is 32.0 Å². The average molecular weight is 382 g/mol. The second-order valence-electron chi connectivity index (χ2n) is 7.87. The number of halogens is 1. The van der Waals surface area contributed by atoms with Crippen LogP contribution in [0.25, 0.3) is 0 Å². The third-order valence-electron chi connectivity index (χ3n) is 5.47. The molecule has 0 saturated carbocycles. The number of hydrogen-bond donors (Lipinski definition) is 1. The van der Waals surface area contributed by atoms with Crippen molar-refractivity contribution in [1.29, 1.82) is 0 Å². The first-order valence-electron chi connectivity index (χ1n) is 9.70. The third-order valence-corrected chi connectivity index (χ3v) is 5.47. The molecule has 2 aromatic rings. The number of nitrogens with zero attached hydrogens (tertiary/aromatic N) is 1. The zero-order valence-corrected chi connectivity index (χ0v) is 16.5. The van der Waals surface area contributed by atoms with Crippen molar-refractivity contribution in [1.82, 2.24) is 10.2 Å². The topological polar surface area (TPSA) is 49.4 Å². The molecule has 5 heteroatoms. The van der Waals surface area contributed by atoms with E-state index in [0.717, 1.165) is 11.1 Å². The summed E-state index contributed by atoms with van der Waals surface area (Å²) in [6, 6.07) is 14.5. The van der Waals surface area contributed by atoms with Gasteiger partial charge in [-0.25, -0.2) is 4.39 Å². The van der Waals surface area contributed by atoms with Gasteiger partial charge in [0.1, 0.15) is 5.82 Å². The number of rotatable bonds is 7. The summed E-state index contributed by atoms with van der Waals surface area (Å²) in [6.45, 7) is 2.60. The van der Waals surface area contributed by atoms with E-state index in [1.54, 1.807) is 17.0 Å². The Hall–Kier alpha value is -2.69. The molecule has 1 atom stereocenters. The largest absolute Gasteiger partial charge is 0.350 e. The normalized spacial score (nSPS) is 18.8. The van der Waals surface area contributed by atoms with Crippen LogP contribution < -0.4 is 5.32 Å². The Kier molecular flexibility index (Phi) is 6.12. The molecular formula is C23H27FN2O2. The number of nitrogens with one attached hydrogen (secondary N) is 1. The van der Waals surface area contributed by atoms with Crippen LogP contribution in [-0.4, -0.2) is 29.3 Å². The lowest BCUT2D eigenvalue weighted by Gasteiger charge is -2.30. The maximum absolute atomic E-state index is 13.2. The summed E-state index contributed by atoms with van der Waals surface area (Å²) >= 11 is 0. The third kappa shape index (κ3) is 5.18. The molecule has 0 aliphatic carbocycles. The minimum absolute atomic E-state index is 0.0163. The smallest absolute Gasteiger partial charge is 0.222 e. The number of benzene rings is 2. The van der Waals surface area contributed by atoms with Crippen LogP contribution in [0.3, 0.4) is 0 Å². The number of aryl methyl sites for hydroxylation is 1. The average Bonchev–Trinajstić information content (AvgIpc) is 3.04. The lowest BCUT2D eigenvalue weighted by atomic mass is 9.85. The van der Waals surface area contributed by atoms with E-state index in [9.17, 15) is 14.0 Å². The van der Waals surface area contributed by atoms with E-state index >= 15 is 0 Å². The SMILES string of the molecule is Cc1ccc(CN(C)C(=O)CCC2(Cc3ccc(F)cc3)CCC(=O)N2)cc1. The lowest BCUT2D eigenvalue weighted by molar-refractivity contribution is -0.131. The maximum atomic E-state index is 13.2. The molecule has 1 fully saturated rings. The van der Waals surface area contributed by atoms with Gasteiger partial charge >= 0.3 is 0 Å². The summed E-state index contributed by atoms with van der Waals surface area (Å²) in [5, 5.41) is 3.08. The van der Waals surface area contributed by atoms with Crippen LogP contribution in [-0.2, 0) is 22.6 Å². The Balaban J connectivity index is 1.61. The van der Waals surface area contributed by atoms with Gasteiger partial charge < -0.3 is 10.2 Å². The molecule has 28 heavy (non-hydrogen) atoms. The Bertz CT molecular complexity index is 833. The van der Waals surface area contributed by atoms with Crippen molar-refractivity contribution in [2.75, 3.05) is 7.05 Å². The van der Waals surface area contributed by atoms with Crippen molar-refractivity contribution in [3.05, 3.63) is 71.0 Å². The van der Waals surface area contributed by atoms with Crippen LogP contribution in [0.1, 0.15) is 42.4 Å². The molecule has 148 valence electrons. The van der Waals surface area contributed by atoms with E-state index in [1.165, 1.54) is 17.7 Å². The summed E-state index contributed by atoms with van der Waals surface area (Å²) in [4.78, 5) is 26.3. The lowest BCUT2D eigenvalue weighted by Crippen LogP contribution is -2.44. The fourth-order valence-corrected chi connectivity index (χ4v) is 3.77. The van der Waals surface area contributed by atoms with Crippen LogP contribution in [0.2, 0.25) is 0 Å². The molecule has 4 nitrogen and oxygen atoms in total. The molecule has 0 bridgehead atoms. The summed E-state index contributed by atoms with van der Waals surface area (Å²) in [5.41, 5.74) is 2.81. The van der Waals surface area contributed by atoms with Crippen LogP contribution in [0.4, 0.5) is 4.39 Å². The molecule has 1 N–H and O–H groups in total. The highest BCUT2D eigenvalue weighted by molar-refractivity contribution is 5.80. The first-order chi connectivity index (χ1) is 13.3. The van der Waals surface area contributed by atoms with Gasteiger partial charge in [-0.1, -0.05) is 42.0 Å². The highest BCUT2D eigenvalue weighted by atomic mass is 19.1. The van der Waals surface area contributed by atoms with Gasteiger partial charge in [-0.05, 0) is 49.4 Å². The molecule has 0 spiro atoms. The molecule has 1 saturated heterocycles. The highest BCUT2D eigenvalue weighted by Gasteiger charge is 2.38. The van der Waals surface area contributed by atoms with Crippen molar-refractivity contribution in [3.63, 3.8) is 0 Å². The molecule has 1 unspecified atom stereocenters. The van der Waals surface area contributed by atoms with Crippen molar-refractivity contribution in [2.45, 2.75) is 51.1 Å². The summed E-state index contributed by atoms with van der Waals surface area (Å²) < 4.78 is 13.2. The molecule has 0 radical (unpaired) electrons. The zero-order valence-electron chi connectivity index (χ0n) is 16.5. The van der Waals surface area contributed by atoms with Crippen molar-refractivity contribution in [3.8, 4) is 0 Å². The first kappa shape index (κ1) is 20.1. The van der Waals surface area contributed by atoms with E-state index < -0.39 is 5.54 Å². The van der Waals surface area contributed by atoms with Gasteiger partial charge in [-0.15, -0.1) is 0 Å². The number of hydrogen-bond acceptors (Lipinski definition) is 2. The van der Waals surface area contributed by atoms with Crippen LogP contribution >= 0.6 is 0 Å². The second kappa shape index (κ2) is 8.55. The van der Waals surface area contributed by atoms with Crippen LogP contribution in [0.5, 0.6) is 0 Å². The second-order valence-corrected chi connectivity index (χ2v) is 7.87. The Morgan fingerprint density at radius 1 is 1.11 bits per heavy atom. The zero-order chi connectivity index (χ0) is 20.1. The minimum Gasteiger partial charge on any atom is -0.350 e. The molecule has 1 aliphatic heterocycles. The van der Waals surface area contributed by atoms with Crippen molar-refractivity contribution >= 4 is 11.8 Å². The minimum atomic E-state index is -0.435. The standard InChI is InChI=1S/C23H27FN2O2/c1-17-3-5-19(6-4-17)16-26(2)22(28)12-14-23(13-11-21(27)25-23)15-18-7-9-20(24)10-8-18/h3-10H,11-16H2,1-2H3,(H,25,27). The van der Waals surface area contributed by atoms with Crippen LogP contribution in [0.15, 0.2) is 48.5 Å². The molecular weight excluding hydrogens is 355 g/mol. The van der Waals surface area contributed by atoms with E-state index in [1.807, 2.05) is 38.2 Å². The molecule has 2 aromatic carbocycles. The molecule has 2 amide bonds. The molecule has 0 aromatic heterocycles. The summed E-state index contributed by atoms with van der Waals surface area (Å²) in [5.74, 6) is -0.205. The Labute approximate surface area is 165 Å². The van der Waals surface area contributed by atoms with E-state index in [0.29, 0.717) is 38.6 Å². The van der Waals surface area contributed by atoms with E-state index in [-0.39, 0.29) is 17.6 Å². The monoisotopic (exact) mass is 382 g/mol. The highest BCUT2D eigenvalue weighted by Crippen LogP contribution is 2.30. The Morgan fingerprint density at radius 3 is 2.36 bits per heavy atom. The summed E-state index contributed by atoms with van der Waals surface area (Å²) in [6.07, 6.45) is 2.71. The van der Waals surface area contributed by atoms with Gasteiger partial charge in [0.05, 0.1) is 0 Å². The van der Waals surface area contributed by atoms with Gasteiger partial charge in [-0.3, -0.25) is 9.59 Å². The summed E-state index contributed by atoms with van der Waals surface area (Å²) in [7, 11) is 1.81. The predicted octanol–water partition coefficient (Wildman–Crippen LogP) is 3.76. The maximum Gasteiger partial charge on any atom is 0.222 e. The van der Waals surface area contributed by atoms with E-state index in [2.05, 4.69) is 5.32 Å². The molecule has 1 aliphatic rings. The van der Waals surface area contributed by atoms with E-state index in [4.69, 9.17) is 0 Å². The fourth-order valence-electron chi connectivity index (χ4n) is 3.77. The predicted molar refractivity (Wildman–Crippen MR) is 107 cm³/mol. The molecule has 3 rings (SSSR count). The van der Waals surface area contributed by atoms with Gasteiger partial charge in [-0.2, -0.15) is 0 Å². The molecule has 1 heterocycles. The first-order valence-corrected chi connectivity index (χ1v) is 9.70. The van der Waals surface area contributed by atoms with Crippen LogP contribution in [0, 0.1) is 12.7 Å². The van der Waals surface area contributed by atoms with Gasteiger partial charge in [0.15, 0.2) is 0 Å². The fraction of sp³-hybridized carbons (Fsp3) is 0.391. The number of carbonyl (C=O) groups is 2. The van der Waals surface area contributed by atoms with Crippen molar-refractivity contribution < 1.29 is 14.0 Å². The number of amides is 2. The van der Waals surface area contributed by atoms with Crippen molar-refractivity contribution in [2.24, 2.45) is 0 Å². The van der Waals surface area contributed by atoms with Gasteiger partial charge in [0.2, 0.25) is 11.8 Å². The van der Waals surface area contributed by atoms with Gasteiger partial charge in [0.25, 0.3) is 0 Å². The number of carbonyl (C=O) groups excluding carboxylic acids is 2. The quantitative estimate of drug-likeness (QED) is 0.793.